The highest BCUT2D eigenvalue weighted by molar-refractivity contribution is 8.18. The number of morpholine rings is 1. The molecule has 2 aliphatic rings. The van der Waals surface area contributed by atoms with Crippen molar-refractivity contribution >= 4 is 62.8 Å². The van der Waals surface area contributed by atoms with Gasteiger partial charge in [0.25, 0.3) is 17.1 Å². The standard InChI is InChI=1S/C29H24N4O4S2/c34-27(31-20-3-1-2-19(14-20)17-33-10-12-37-13-11-33)25-7-6-24(38-25)21-8-9-30-23-5-4-18(15-22(21)23)16-26-28(35)32-29(36)39-26/h1-9,14-16H,10-13,17H2,(H,31,34)(H,32,35,36)/b26-16-. The number of carbonyl (C=O) groups excluding carboxylic acids is 3. The zero-order valence-corrected chi connectivity index (χ0v) is 22.4. The monoisotopic (exact) mass is 556 g/mol. The average molecular weight is 557 g/mol. The van der Waals surface area contributed by atoms with Crippen LogP contribution >= 0.6 is 23.1 Å². The highest BCUT2D eigenvalue weighted by Crippen LogP contribution is 2.35. The summed E-state index contributed by atoms with van der Waals surface area (Å²) in [7, 11) is 0. The quantitative estimate of drug-likeness (QED) is 0.308. The number of anilines is 1. The second kappa shape index (κ2) is 11.1. The molecule has 4 heterocycles. The van der Waals surface area contributed by atoms with E-state index < -0.39 is 5.91 Å². The minimum absolute atomic E-state index is 0.160. The van der Waals surface area contributed by atoms with Gasteiger partial charge in [0.15, 0.2) is 0 Å². The number of amides is 3. The first-order valence-corrected chi connectivity index (χ1v) is 14.1. The fraction of sp³-hybridized carbons (Fsp3) is 0.172. The summed E-state index contributed by atoms with van der Waals surface area (Å²) in [6.07, 6.45) is 3.44. The van der Waals surface area contributed by atoms with Crippen molar-refractivity contribution in [1.29, 1.82) is 0 Å². The highest BCUT2D eigenvalue weighted by atomic mass is 32.2. The van der Waals surface area contributed by atoms with Crippen LogP contribution in [0.25, 0.3) is 27.4 Å². The van der Waals surface area contributed by atoms with Crippen molar-refractivity contribution in [2.75, 3.05) is 31.6 Å². The molecule has 2 saturated heterocycles. The molecular formula is C29H24N4O4S2. The molecule has 0 saturated carbocycles. The van der Waals surface area contributed by atoms with Crippen molar-refractivity contribution in [3.8, 4) is 10.4 Å². The Kier molecular flexibility index (Phi) is 7.25. The summed E-state index contributed by atoms with van der Waals surface area (Å²) < 4.78 is 5.43. The van der Waals surface area contributed by atoms with Crippen LogP contribution in [0.5, 0.6) is 0 Å². The summed E-state index contributed by atoms with van der Waals surface area (Å²) in [5, 5.41) is 5.83. The van der Waals surface area contributed by atoms with Gasteiger partial charge in [-0.15, -0.1) is 11.3 Å². The molecule has 6 rings (SSSR count). The summed E-state index contributed by atoms with van der Waals surface area (Å²) >= 11 is 2.30. The molecule has 196 valence electrons. The molecule has 3 amide bonds. The number of hydrogen-bond acceptors (Lipinski definition) is 8. The maximum Gasteiger partial charge on any atom is 0.290 e. The van der Waals surface area contributed by atoms with Crippen molar-refractivity contribution in [3.05, 3.63) is 87.8 Å². The van der Waals surface area contributed by atoms with Crippen LogP contribution in [-0.4, -0.2) is 53.2 Å². The molecule has 2 aromatic heterocycles. The van der Waals surface area contributed by atoms with E-state index in [1.165, 1.54) is 11.3 Å². The van der Waals surface area contributed by atoms with Crippen LogP contribution in [0.1, 0.15) is 20.8 Å². The fourth-order valence-corrected chi connectivity index (χ4v) is 6.23. The van der Waals surface area contributed by atoms with Crippen LogP contribution in [-0.2, 0) is 16.1 Å². The number of nitrogens with one attached hydrogen (secondary N) is 2. The van der Waals surface area contributed by atoms with Crippen LogP contribution in [0, 0.1) is 0 Å². The molecule has 39 heavy (non-hydrogen) atoms. The van der Waals surface area contributed by atoms with Crippen LogP contribution in [0.4, 0.5) is 10.5 Å². The highest BCUT2D eigenvalue weighted by Gasteiger charge is 2.25. The van der Waals surface area contributed by atoms with Gasteiger partial charge in [-0.3, -0.25) is 29.6 Å². The maximum atomic E-state index is 13.1. The lowest BCUT2D eigenvalue weighted by atomic mass is 10.0. The van der Waals surface area contributed by atoms with E-state index in [0.717, 1.165) is 82.8 Å². The third-order valence-corrected chi connectivity index (χ3v) is 8.42. The smallest absolute Gasteiger partial charge is 0.290 e. The van der Waals surface area contributed by atoms with E-state index in [4.69, 9.17) is 4.74 Å². The van der Waals surface area contributed by atoms with Gasteiger partial charge in [-0.05, 0) is 71.4 Å². The number of fused-ring (bicyclic) bond motifs is 1. The Morgan fingerprint density at radius 2 is 1.95 bits per heavy atom. The second-order valence-electron chi connectivity index (χ2n) is 9.19. The molecule has 0 spiro atoms. The Labute approximate surface area is 233 Å². The first-order chi connectivity index (χ1) is 19.0. The van der Waals surface area contributed by atoms with Crippen molar-refractivity contribution in [2.24, 2.45) is 0 Å². The molecule has 10 heteroatoms. The molecule has 2 fully saturated rings. The largest absolute Gasteiger partial charge is 0.379 e. The molecule has 0 atom stereocenters. The predicted octanol–water partition coefficient (Wildman–Crippen LogP) is 5.37. The minimum Gasteiger partial charge on any atom is -0.379 e. The normalized spacial score (nSPS) is 17.1. The lowest BCUT2D eigenvalue weighted by Crippen LogP contribution is -2.35. The SMILES string of the molecule is O=C1NC(=O)/C(=C/c2ccc3nccc(-c4ccc(C(=O)Nc5cccc(CN6CCOCC6)c5)s4)c3c2)S1. The Morgan fingerprint density at radius 3 is 2.77 bits per heavy atom. The third kappa shape index (κ3) is 5.79. The Balaban J connectivity index is 1.21. The van der Waals surface area contributed by atoms with Gasteiger partial charge in [0.2, 0.25) is 0 Å². The predicted molar refractivity (Wildman–Crippen MR) is 155 cm³/mol. The molecule has 2 N–H and O–H groups in total. The van der Waals surface area contributed by atoms with Gasteiger partial charge < -0.3 is 10.1 Å². The summed E-state index contributed by atoms with van der Waals surface area (Å²) in [5.41, 5.74) is 4.44. The summed E-state index contributed by atoms with van der Waals surface area (Å²) in [6, 6.07) is 19.3. The van der Waals surface area contributed by atoms with E-state index in [1.54, 1.807) is 12.3 Å². The third-order valence-electron chi connectivity index (χ3n) is 6.50. The lowest BCUT2D eigenvalue weighted by molar-refractivity contribution is -0.115. The Bertz CT molecular complexity index is 1620. The fourth-order valence-electron chi connectivity index (χ4n) is 4.60. The Morgan fingerprint density at radius 1 is 1.08 bits per heavy atom. The number of imide groups is 1. The molecule has 0 bridgehead atoms. The van der Waals surface area contributed by atoms with Crippen molar-refractivity contribution in [1.82, 2.24) is 15.2 Å². The molecule has 0 unspecified atom stereocenters. The van der Waals surface area contributed by atoms with E-state index in [1.807, 2.05) is 54.6 Å². The van der Waals surface area contributed by atoms with Crippen molar-refractivity contribution in [2.45, 2.75) is 6.54 Å². The second-order valence-corrected chi connectivity index (χ2v) is 11.3. The summed E-state index contributed by atoms with van der Waals surface area (Å²) in [5.74, 6) is -0.551. The number of rotatable bonds is 6. The first-order valence-electron chi connectivity index (χ1n) is 12.5. The average Bonchev–Trinajstić information content (AvgIpc) is 3.55. The summed E-state index contributed by atoms with van der Waals surface area (Å²) in [6.45, 7) is 4.14. The van der Waals surface area contributed by atoms with E-state index in [9.17, 15) is 14.4 Å². The minimum atomic E-state index is -0.392. The van der Waals surface area contributed by atoms with E-state index >= 15 is 0 Å². The van der Waals surface area contributed by atoms with E-state index in [2.05, 4.69) is 26.6 Å². The molecule has 8 nitrogen and oxygen atoms in total. The van der Waals surface area contributed by atoms with Crippen LogP contribution in [0.3, 0.4) is 0 Å². The van der Waals surface area contributed by atoms with Gasteiger partial charge in [-0.2, -0.15) is 0 Å². The first kappa shape index (κ1) is 25.4. The number of thiophene rings is 1. The molecule has 0 radical (unpaired) electrons. The van der Waals surface area contributed by atoms with Gasteiger partial charge in [-0.25, -0.2) is 0 Å². The van der Waals surface area contributed by atoms with E-state index in [-0.39, 0.29) is 11.1 Å². The van der Waals surface area contributed by atoms with E-state index in [0.29, 0.717) is 9.78 Å². The number of hydrogen-bond donors (Lipinski definition) is 2. The summed E-state index contributed by atoms with van der Waals surface area (Å²) in [4.78, 5) is 45.3. The molecule has 2 aromatic carbocycles. The lowest BCUT2D eigenvalue weighted by Gasteiger charge is -2.26. The van der Waals surface area contributed by atoms with Crippen molar-refractivity contribution in [3.63, 3.8) is 0 Å². The number of nitrogens with zero attached hydrogens (tertiary/aromatic N) is 2. The maximum absolute atomic E-state index is 13.1. The molecular weight excluding hydrogens is 532 g/mol. The van der Waals surface area contributed by atoms with Gasteiger partial charge in [0, 0.05) is 47.3 Å². The van der Waals surface area contributed by atoms with Gasteiger partial charge >= 0.3 is 0 Å². The Hall–Kier alpha value is -3.83. The number of thioether (sulfide) groups is 1. The topological polar surface area (TPSA) is 101 Å². The zero-order valence-electron chi connectivity index (χ0n) is 20.8. The number of benzene rings is 2. The van der Waals surface area contributed by atoms with Gasteiger partial charge in [0.05, 0.1) is 28.5 Å². The van der Waals surface area contributed by atoms with Crippen LogP contribution in [0.15, 0.2) is 71.8 Å². The van der Waals surface area contributed by atoms with Crippen LogP contribution < -0.4 is 10.6 Å². The van der Waals surface area contributed by atoms with Gasteiger partial charge in [0.1, 0.15) is 0 Å². The van der Waals surface area contributed by atoms with Crippen LogP contribution in [0.2, 0.25) is 0 Å². The number of ether oxygens (including phenoxy) is 1. The number of aromatic nitrogens is 1. The molecule has 4 aromatic rings. The number of pyridine rings is 1. The molecule has 0 aliphatic carbocycles. The van der Waals surface area contributed by atoms with Crippen molar-refractivity contribution < 1.29 is 19.1 Å². The zero-order chi connectivity index (χ0) is 26.8. The van der Waals surface area contributed by atoms with Gasteiger partial charge in [-0.1, -0.05) is 18.2 Å². The number of carbonyl (C=O) groups is 3. The molecule has 2 aliphatic heterocycles.